The molecule has 1 aliphatic rings. The van der Waals surface area contributed by atoms with Gasteiger partial charge in [0, 0.05) is 10.5 Å². The molecule has 1 N–H and O–H groups in total. The summed E-state index contributed by atoms with van der Waals surface area (Å²) in [6.45, 7) is 4.13. The van der Waals surface area contributed by atoms with Crippen molar-refractivity contribution in [2.45, 2.75) is 25.8 Å². The Morgan fingerprint density at radius 3 is 2.67 bits per heavy atom. The Morgan fingerprint density at radius 1 is 1.39 bits per heavy atom. The summed E-state index contributed by atoms with van der Waals surface area (Å²) in [6.07, 6.45) is 2.07. The van der Waals surface area contributed by atoms with Crippen molar-refractivity contribution in [3.05, 3.63) is 33.8 Å². The van der Waals surface area contributed by atoms with Crippen LogP contribution < -0.4 is 5.32 Å². The van der Waals surface area contributed by atoms with E-state index in [1.807, 2.05) is 25.1 Å². The van der Waals surface area contributed by atoms with Crippen molar-refractivity contribution in [1.29, 1.82) is 0 Å². The molecule has 0 bridgehead atoms. The Balaban J connectivity index is 1.99. The highest BCUT2D eigenvalue weighted by Gasteiger charge is 2.19. The van der Waals surface area contributed by atoms with E-state index < -0.39 is 0 Å². The monoisotopic (exact) mass is 310 g/mol. The molecule has 0 aromatic heterocycles. The summed E-state index contributed by atoms with van der Waals surface area (Å²) in [5.41, 5.74) is 1.87. The van der Waals surface area contributed by atoms with Crippen LogP contribution in [0.3, 0.4) is 0 Å². The summed E-state index contributed by atoms with van der Waals surface area (Å²) >= 11 is 3.45. The van der Waals surface area contributed by atoms with Gasteiger partial charge in [0.05, 0.1) is 5.56 Å². The second-order valence-corrected chi connectivity index (χ2v) is 5.89. The lowest BCUT2D eigenvalue weighted by molar-refractivity contribution is 0.0916. The first-order valence-corrected chi connectivity index (χ1v) is 7.11. The summed E-state index contributed by atoms with van der Waals surface area (Å²) in [6, 6.07) is 6.13. The van der Waals surface area contributed by atoms with Gasteiger partial charge < -0.3 is 10.2 Å². The highest BCUT2D eigenvalue weighted by atomic mass is 79.9. The molecule has 0 aliphatic carbocycles. The van der Waals surface area contributed by atoms with Crippen LogP contribution in [-0.4, -0.2) is 37.0 Å². The van der Waals surface area contributed by atoms with Crippen LogP contribution in [-0.2, 0) is 0 Å². The fourth-order valence-corrected chi connectivity index (χ4v) is 2.89. The van der Waals surface area contributed by atoms with Gasteiger partial charge in [-0.2, -0.15) is 0 Å². The number of piperidine rings is 1. The van der Waals surface area contributed by atoms with Gasteiger partial charge in [0.2, 0.25) is 0 Å². The first-order chi connectivity index (χ1) is 8.56. The Hall–Kier alpha value is -0.870. The smallest absolute Gasteiger partial charge is 0.252 e. The van der Waals surface area contributed by atoms with E-state index in [-0.39, 0.29) is 5.91 Å². The van der Waals surface area contributed by atoms with Crippen LogP contribution in [0.4, 0.5) is 0 Å². The van der Waals surface area contributed by atoms with Crippen LogP contribution in [0.15, 0.2) is 22.7 Å². The van der Waals surface area contributed by atoms with Gasteiger partial charge in [0.25, 0.3) is 5.91 Å². The van der Waals surface area contributed by atoms with Crippen molar-refractivity contribution < 1.29 is 4.79 Å². The molecule has 0 spiro atoms. The van der Waals surface area contributed by atoms with Gasteiger partial charge in [-0.25, -0.2) is 0 Å². The average molecular weight is 311 g/mol. The molecule has 4 heteroatoms. The van der Waals surface area contributed by atoms with Crippen LogP contribution >= 0.6 is 15.9 Å². The van der Waals surface area contributed by atoms with Crippen molar-refractivity contribution in [3.8, 4) is 0 Å². The van der Waals surface area contributed by atoms with Gasteiger partial charge in [0.1, 0.15) is 0 Å². The number of halogens is 1. The second-order valence-electron chi connectivity index (χ2n) is 5.03. The third-order valence-electron chi connectivity index (χ3n) is 3.42. The molecule has 1 saturated heterocycles. The van der Waals surface area contributed by atoms with Gasteiger partial charge in [-0.05, 0) is 73.5 Å². The first-order valence-electron chi connectivity index (χ1n) is 6.32. The molecule has 0 radical (unpaired) electrons. The summed E-state index contributed by atoms with van der Waals surface area (Å²) in [5, 5.41) is 3.12. The lowest BCUT2D eigenvalue weighted by Gasteiger charge is -2.29. The van der Waals surface area contributed by atoms with Gasteiger partial charge >= 0.3 is 0 Å². The molecule has 18 heavy (non-hydrogen) atoms. The number of likely N-dealkylation sites (tertiary alicyclic amines) is 1. The van der Waals surface area contributed by atoms with Crippen LogP contribution in [0.1, 0.15) is 28.8 Å². The van der Waals surface area contributed by atoms with Crippen molar-refractivity contribution in [2.75, 3.05) is 20.1 Å². The lowest BCUT2D eigenvalue weighted by atomic mass is 10.0. The van der Waals surface area contributed by atoms with E-state index in [1.54, 1.807) is 0 Å². The fraction of sp³-hybridized carbons (Fsp3) is 0.500. The predicted octanol–water partition coefficient (Wildman–Crippen LogP) is 2.58. The zero-order chi connectivity index (χ0) is 13.1. The van der Waals surface area contributed by atoms with Gasteiger partial charge in [0.15, 0.2) is 0 Å². The van der Waals surface area contributed by atoms with Gasteiger partial charge in [-0.3, -0.25) is 4.79 Å². The van der Waals surface area contributed by atoms with Crippen LogP contribution in [0, 0.1) is 6.92 Å². The molecular weight excluding hydrogens is 292 g/mol. The quantitative estimate of drug-likeness (QED) is 0.910. The van der Waals surface area contributed by atoms with Crippen LogP contribution in [0.25, 0.3) is 0 Å². The SMILES string of the molecule is Cc1ccc(C(=O)NC2CCN(C)CC2)c(Br)c1. The molecule has 98 valence electrons. The number of aryl methyl sites for hydroxylation is 1. The Morgan fingerprint density at radius 2 is 2.06 bits per heavy atom. The normalized spacial score (nSPS) is 17.7. The molecule has 1 aromatic rings. The standard InChI is InChI=1S/C14H19BrN2O/c1-10-3-4-12(13(15)9-10)14(18)16-11-5-7-17(2)8-6-11/h3-4,9,11H,5-8H2,1-2H3,(H,16,18). The topological polar surface area (TPSA) is 32.3 Å². The Labute approximate surface area is 117 Å². The third kappa shape index (κ3) is 3.33. The van der Waals surface area contributed by atoms with Crippen molar-refractivity contribution in [1.82, 2.24) is 10.2 Å². The van der Waals surface area contributed by atoms with E-state index in [0.29, 0.717) is 6.04 Å². The number of carbonyl (C=O) groups excluding carboxylic acids is 1. The summed E-state index contributed by atoms with van der Waals surface area (Å²) in [5.74, 6) is 0.0245. The summed E-state index contributed by atoms with van der Waals surface area (Å²) in [4.78, 5) is 14.5. The number of carbonyl (C=O) groups is 1. The number of amides is 1. The molecule has 3 nitrogen and oxygen atoms in total. The first kappa shape index (κ1) is 13.6. The number of hydrogen-bond acceptors (Lipinski definition) is 2. The van der Waals surface area contributed by atoms with Crippen molar-refractivity contribution >= 4 is 21.8 Å². The van der Waals surface area contributed by atoms with Gasteiger partial charge in [-0.1, -0.05) is 6.07 Å². The molecule has 1 aromatic carbocycles. The minimum Gasteiger partial charge on any atom is -0.349 e. The van der Waals surface area contributed by atoms with Crippen molar-refractivity contribution in [2.24, 2.45) is 0 Å². The van der Waals surface area contributed by atoms with Crippen LogP contribution in [0.2, 0.25) is 0 Å². The van der Waals surface area contributed by atoms with Crippen LogP contribution in [0.5, 0.6) is 0 Å². The number of hydrogen-bond donors (Lipinski definition) is 1. The maximum absolute atomic E-state index is 12.2. The predicted molar refractivity (Wildman–Crippen MR) is 76.9 cm³/mol. The fourth-order valence-electron chi connectivity index (χ4n) is 2.22. The molecule has 0 saturated carbocycles. The highest BCUT2D eigenvalue weighted by Crippen LogP contribution is 2.19. The summed E-state index contributed by atoms with van der Waals surface area (Å²) in [7, 11) is 2.12. The minimum atomic E-state index is 0.0245. The number of nitrogens with zero attached hydrogens (tertiary/aromatic N) is 1. The molecule has 1 amide bonds. The minimum absolute atomic E-state index is 0.0245. The zero-order valence-electron chi connectivity index (χ0n) is 10.9. The van der Waals surface area contributed by atoms with Gasteiger partial charge in [-0.15, -0.1) is 0 Å². The molecule has 1 heterocycles. The van der Waals surface area contributed by atoms with E-state index in [4.69, 9.17) is 0 Å². The molecular formula is C14H19BrN2O. The number of nitrogens with one attached hydrogen (secondary N) is 1. The maximum atomic E-state index is 12.2. The third-order valence-corrected chi connectivity index (χ3v) is 4.08. The Bertz CT molecular complexity index is 439. The molecule has 2 rings (SSSR count). The number of benzene rings is 1. The van der Waals surface area contributed by atoms with E-state index in [9.17, 15) is 4.79 Å². The van der Waals surface area contributed by atoms with E-state index in [0.717, 1.165) is 41.5 Å². The molecule has 0 unspecified atom stereocenters. The van der Waals surface area contributed by atoms with Crippen molar-refractivity contribution in [3.63, 3.8) is 0 Å². The second kappa shape index (κ2) is 5.85. The summed E-state index contributed by atoms with van der Waals surface area (Å²) < 4.78 is 0.868. The highest BCUT2D eigenvalue weighted by molar-refractivity contribution is 9.10. The molecule has 0 atom stereocenters. The zero-order valence-corrected chi connectivity index (χ0v) is 12.5. The largest absolute Gasteiger partial charge is 0.349 e. The average Bonchev–Trinajstić information content (AvgIpc) is 2.32. The van der Waals surface area contributed by atoms with E-state index in [2.05, 4.69) is 33.2 Å². The number of rotatable bonds is 2. The Kier molecular flexibility index (Phi) is 4.40. The van der Waals surface area contributed by atoms with E-state index in [1.165, 1.54) is 0 Å². The lowest BCUT2D eigenvalue weighted by Crippen LogP contribution is -2.43. The molecule has 1 fully saturated rings. The van der Waals surface area contributed by atoms with E-state index >= 15 is 0 Å². The molecule has 1 aliphatic heterocycles. The maximum Gasteiger partial charge on any atom is 0.252 e.